The van der Waals surface area contributed by atoms with Gasteiger partial charge in [-0.15, -0.1) is 0 Å². The van der Waals surface area contributed by atoms with Gasteiger partial charge in [-0.1, -0.05) is 42.5 Å². The van der Waals surface area contributed by atoms with Crippen molar-refractivity contribution in [1.82, 2.24) is 10.2 Å². The van der Waals surface area contributed by atoms with E-state index in [2.05, 4.69) is 24.4 Å². The highest BCUT2D eigenvalue weighted by molar-refractivity contribution is 6.21. The van der Waals surface area contributed by atoms with E-state index in [4.69, 9.17) is 0 Å². The number of rotatable bonds is 5. The first-order valence-corrected chi connectivity index (χ1v) is 7.42. The van der Waals surface area contributed by atoms with Crippen molar-refractivity contribution in [2.24, 2.45) is 0 Å². The van der Waals surface area contributed by atoms with Crippen molar-refractivity contribution in [2.75, 3.05) is 13.1 Å². The molecule has 0 saturated carbocycles. The van der Waals surface area contributed by atoms with Crippen LogP contribution in [0.5, 0.6) is 0 Å². The largest absolute Gasteiger partial charge is 0.308 e. The van der Waals surface area contributed by atoms with Crippen LogP contribution in [0.3, 0.4) is 0 Å². The fourth-order valence-corrected chi connectivity index (χ4v) is 2.69. The maximum absolute atomic E-state index is 12.2. The number of hydrogen-bond acceptors (Lipinski definition) is 3. The Morgan fingerprint density at radius 2 is 1.45 bits per heavy atom. The molecule has 1 atom stereocenters. The third-order valence-corrected chi connectivity index (χ3v) is 3.96. The normalized spacial score (nSPS) is 15.0. The van der Waals surface area contributed by atoms with E-state index < -0.39 is 0 Å². The first kappa shape index (κ1) is 14.5. The first-order chi connectivity index (χ1) is 10.7. The van der Waals surface area contributed by atoms with Crippen molar-refractivity contribution in [3.63, 3.8) is 0 Å². The molecular weight excluding hydrogens is 276 g/mol. The minimum atomic E-state index is -0.199. The Morgan fingerprint density at radius 1 is 0.909 bits per heavy atom. The molecule has 1 aliphatic heterocycles. The minimum absolute atomic E-state index is 0.177. The molecule has 112 valence electrons. The van der Waals surface area contributed by atoms with Gasteiger partial charge >= 0.3 is 0 Å². The molecule has 1 heterocycles. The van der Waals surface area contributed by atoms with Crippen LogP contribution in [0, 0.1) is 0 Å². The average molecular weight is 294 g/mol. The van der Waals surface area contributed by atoms with Crippen molar-refractivity contribution in [3.05, 3.63) is 71.3 Å². The number of nitrogens with one attached hydrogen (secondary N) is 1. The Kier molecular flexibility index (Phi) is 4.02. The average Bonchev–Trinajstić information content (AvgIpc) is 2.81. The second kappa shape index (κ2) is 6.12. The monoisotopic (exact) mass is 294 g/mol. The van der Waals surface area contributed by atoms with Crippen LogP contribution in [0.15, 0.2) is 54.6 Å². The zero-order valence-electron chi connectivity index (χ0n) is 12.5. The smallest absolute Gasteiger partial charge is 0.261 e. The summed E-state index contributed by atoms with van der Waals surface area (Å²) in [6.07, 6.45) is 0. The van der Waals surface area contributed by atoms with Crippen molar-refractivity contribution in [3.8, 4) is 0 Å². The van der Waals surface area contributed by atoms with Crippen LogP contribution in [-0.2, 0) is 0 Å². The number of carbonyl (C=O) groups is 2. The number of benzene rings is 2. The molecule has 0 saturated heterocycles. The Labute approximate surface area is 129 Å². The van der Waals surface area contributed by atoms with Crippen molar-refractivity contribution in [1.29, 1.82) is 0 Å². The maximum Gasteiger partial charge on any atom is 0.261 e. The van der Waals surface area contributed by atoms with Crippen molar-refractivity contribution >= 4 is 11.8 Å². The van der Waals surface area contributed by atoms with Crippen LogP contribution >= 0.6 is 0 Å². The van der Waals surface area contributed by atoms with Gasteiger partial charge in [-0.25, -0.2) is 0 Å². The molecule has 4 heteroatoms. The van der Waals surface area contributed by atoms with E-state index in [9.17, 15) is 9.59 Å². The van der Waals surface area contributed by atoms with Crippen molar-refractivity contribution < 1.29 is 9.59 Å². The number of fused-ring (bicyclic) bond motifs is 1. The number of imide groups is 1. The van der Waals surface area contributed by atoms with Gasteiger partial charge in [-0.2, -0.15) is 0 Å². The number of hydrogen-bond donors (Lipinski definition) is 1. The summed E-state index contributed by atoms with van der Waals surface area (Å²) < 4.78 is 0. The van der Waals surface area contributed by atoms with Gasteiger partial charge < -0.3 is 5.32 Å². The van der Waals surface area contributed by atoms with E-state index >= 15 is 0 Å². The van der Waals surface area contributed by atoms with E-state index in [0.29, 0.717) is 24.2 Å². The molecule has 2 aromatic rings. The minimum Gasteiger partial charge on any atom is -0.308 e. The first-order valence-electron chi connectivity index (χ1n) is 7.42. The molecule has 4 nitrogen and oxygen atoms in total. The zero-order valence-corrected chi connectivity index (χ0v) is 12.5. The molecule has 0 unspecified atom stereocenters. The molecule has 0 aromatic heterocycles. The number of amides is 2. The Morgan fingerprint density at radius 3 is 2.05 bits per heavy atom. The molecular formula is C18H18N2O2. The standard InChI is InChI=1S/C18H18N2O2/c1-13(14-7-3-2-4-8-14)19-11-12-20-17(21)15-9-5-6-10-16(15)18(20)22/h2-10,13,19H,11-12H2,1H3/t13-/m0/s1. The molecule has 2 aromatic carbocycles. The fraction of sp³-hybridized carbons (Fsp3) is 0.222. The van der Waals surface area contributed by atoms with Gasteiger partial charge in [0.1, 0.15) is 0 Å². The Bertz CT molecular complexity index is 662. The second-order valence-corrected chi connectivity index (χ2v) is 5.39. The van der Waals surface area contributed by atoms with Gasteiger partial charge in [0, 0.05) is 19.1 Å². The number of nitrogens with zero attached hydrogens (tertiary/aromatic N) is 1. The molecule has 0 bridgehead atoms. The molecule has 3 rings (SSSR count). The summed E-state index contributed by atoms with van der Waals surface area (Å²) in [7, 11) is 0. The summed E-state index contributed by atoms with van der Waals surface area (Å²) in [5.74, 6) is -0.399. The third kappa shape index (κ3) is 2.65. The molecule has 0 spiro atoms. The quantitative estimate of drug-likeness (QED) is 0.862. The summed E-state index contributed by atoms with van der Waals surface area (Å²) in [6.45, 7) is 3.02. The predicted molar refractivity (Wildman–Crippen MR) is 84.7 cm³/mol. The van der Waals surface area contributed by atoms with E-state index in [0.717, 1.165) is 0 Å². The summed E-state index contributed by atoms with van der Waals surface area (Å²) in [5.41, 5.74) is 2.19. The molecule has 0 aliphatic carbocycles. The molecule has 1 N–H and O–H groups in total. The number of carbonyl (C=O) groups excluding carboxylic acids is 2. The van der Waals surface area contributed by atoms with E-state index in [1.807, 2.05) is 18.2 Å². The van der Waals surface area contributed by atoms with E-state index in [1.165, 1.54) is 10.5 Å². The topological polar surface area (TPSA) is 49.4 Å². The van der Waals surface area contributed by atoms with Crippen LogP contribution in [-0.4, -0.2) is 29.8 Å². The van der Waals surface area contributed by atoms with E-state index in [-0.39, 0.29) is 17.9 Å². The van der Waals surface area contributed by atoms with Gasteiger partial charge in [0.25, 0.3) is 11.8 Å². The van der Waals surface area contributed by atoms with Crippen LogP contribution < -0.4 is 5.32 Å². The lowest BCUT2D eigenvalue weighted by molar-refractivity contribution is 0.0654. The molecule has 1 aliphatic rings. The van der Waals surface area contributed by atoms with Crippen LogP contribution in [0.1, 0.15) is 39.2 Å². The van der Waals surface area contributed by atoms with Gasteiger partial charge in [-0.05, 0) is 24.6 Å². The predicted octanol–water partition coefficient (Wildman–Crippen LogP) is 2.63. The molecule has 22 heavy (non-hydrogen) atoms. The SMILES string of the molecule is C[C@H](NCCN1C(=O)c2ccccc2C1=O)c1ccccc1. The summed E-state index contributed by atoms with van der Waals surface area (Å²) in [6, 6.07) is 17.2. The summed E-state index contributed by atoms with van der Waals surface area (Å²) in [5, 5.41) is 3.35. The zero-order chi connectivity index (χ0) is 15.5. The van der Waals surface area contributed by atoms with Crippen LogP contribution in [0.4, 0.5) is 0 Å². The van der Waals surface area contributed by atoms with Crippen molar-refractivity contribution in [2.45, 2.75) is 13.0 Å². The summed E-state index contributed by atoms with van der Waals surface area (Å²) in [4.78, 5) is 25.8. The fourth-order valence-electron chi connectivity index (χ4n) is 2.69. The Hall–Kier alpha value is -2.46. The highest BCUT2D eigenvalue weighted by atomic mass is 16.2. The lowest BCUT2D eigenvalue weighted by Crippen LogP contribution is -2.36. The van der Waals surface area contributed by atoms with Crippen LogP contribution in [0.25, 0.3) is 0 Å². The van der Waals surface area contributed by atoms with Gasteiger partial charge in [0.05, 0.1) is 11.1 Å². The highest BCUT2D eigenvalue weighted by Gasteiger charge is 2.34. The second-order valence-electron chi connectivity index (χ2n) is 5.39. The molecule has 0 radical (unpaired) electrons. The molecule has 0 fully saturated rings. The maximum atomic E-state index is 12.2. The van der Waals surface area contributed by atoms with Crippen LogP contribution in [0.2, 0.25) is 0 Å². The lowest BCUT2D eigenvalue weighted by atomic mass is 10.1. The van der Waals surface area contributed by atoms with E-state index in [1.54, 1.807) is 24.3 Å². The van der Waals surface area contributed by atoms with Gasteiger partial charge in [0.15, 0.2) is 0 Å². The Balaban J connectivity index is 1.59. The summed E-state index contributed by atoms with van der Waals surface area (Å²) >= 11 is 0. The molecule has 2 amide bonds. The third-order valence-electron chi connectivity index (χ3n) is 3.96. The highest BCUT2D eigenvalue weighted by Crippen LogP contribution is 2.22. The van der Waals surface area contributed by atoms with Gasteiger partial charge in [0.2, 0.25) is 0 Å². The lowest BCUT2D eigenvalue weighted by Gasteiger charge is -2.18. The van der Waals surface area contributed by atoms with Gasteiger partial charge in [-0.3, -0.25) is 14.5 Å².